The number of amides is 2. The number of ether oxygens (including phenoxy) is 1. The molecule has 1 heterocycles. The van der Waals surface area contributed by atoms with Gasteiger partial charge in [0.25, 0.3) is 5.91 Å². The third-order valence-electron chi connectivity index (χ3n) is 2.84. The van der Waals surface area contributed by atoms with Crippen molar-refractivity contribution >= 4 is 45.4 Å². The molecule has 0 spiro atoms. The van der Waals surface area contributed by atoms with Crippen molar-refractivity contribution < 1.29 is 19.1 Å². The highest BCUT2D eigenvalue weighted by atomic mass is 32.1. The van der Waals surface area contributed by atoms with E-state index in [1.807, 2.05) is 24.3 Å². The molecule has 0 radical (unpaired) electrons. The Morgan fingerprint density at radius 1 is 1.21 bits per heavy atom. The fourth-order valence-corrected chi connectivity index (χ4v) is 2.65. The average molecular weight is 347 g/mol. The van der Waals surface area contributed by atoms with Gasteiger partial charge in [-0.3, -0.25) is 9.59 Å². The quantitative estimate of drug-likeness (QED) is 0.577. The first kappa shape index (κ1) is 17.6. The zero-order valence-corrected chi connectivity index (χ0v) is 13.9. The number of esters is 1. The lowest BCUT2D eigenvalue weighted by Crippen LogP contribution is -2.38. The van der Waals surface area contributed by atoms with E-state index in [0.717, 1.165) is 10.2 Å². The third-order valence-corrected chi connectivity index (χ3v) is 3.84. The first-order chi connectivity index (χ1) is 11.6. The molecule has 0 aliphatic rings. The van der Waals surface area contributed by atoms with Crippen LogP contribution in [0.1, 0.15) is 11.9 Å². The molecule has 0 unspecified atom stereocenters. The van der Waals surface area contributed by atoms with Gasteiger partial charge in [0.15, 0.2) is 6.61 Å². The van der Waals surface area contributed by atoms with Gasteiger partial charge in [0.05, 0.1) is 16.8 Å². The fraction of sp³-hybridized carbons (Fsp3) is 0.250. The van der Waals surface area contributed by atoms with Crippen LogP contribution in [0.3, 0.4) is 0 Å². The topological polar surface area (TPSA) is 97.4 Å². The minimum atomic E-state index is -0.651. The van der Waals surface area contributed by atoms with Crippen LogP contribution in [0.4, 0.5) is 0 Å². The first-order valence-electron chi connectivity index (χ1n) is 7.32. The summed E-state index contributed by atoms with van der Waals surface area (Å²) in [5.41, 5.74) is 0.861. The molecule has 0 bridgehead atoms. The number of benzene rings is 1. The predicted molar refractivity (Wildman–Crippen MR) is 91.3 cm³/mol. The van der Waals surface area contributed by atoms with E-state index in [-0.39, 0.29) is 12.5 Å². The zero-order valence-electron chi connectivity index (χ0n) is 13.1. The Kier molecular flexibility index (Phi) is 6.44. The van der Waals surface area contributed by atoms with Crippen molar-refractivity contribution in [2.45, 2.75) is 6.92 Å². The second-order valence-electron chi connectivity index (χ2n) is 4.69. The van der Waals surface area contributed by atoms with Crippen molar-refractivity contribution in [3.63, 3.8) is 0 Å². The molecule has 1 aromatic carbocycles. The third kappa shape index (κ3) is 5.47. The van der Waals surface area contributed by atoms with Gasteiger partial charge in [-0.25, -0.2) is 9.78 Å². The molecular formula is C16H17N3O4S. The van der Waals surface area contributed by atoms with E-state index in [1.54, 1.807) is 13.0 Å². The van der Waals surface area contributed by atoms with Crippen LogP contribution in [0.5, 0.6) is 0 Å². The Morgan fingerprint density at radius 2 is 2.00 bits per heavy atom. The Hall–Kier alpha value is -2.74. The number of hydrogen-bond acceptors (Lipinski definition) is 6. The number of likely N-dealkylation sites (N-methyl/N-ethyl adjacent to an activating group) is 1. The van der Waals surface area contributed by atoms with E-state index in [2.05, 4.69) is 15.6 Å². The summed E-state index contributed by atoms with van der Waals surface area (Å²) in [6.07, 6.45) is 2.76. The second kappa shape index (κ2) is 8.78. The van der Waals surface area contributed by atoms with Crippen LogP contribution < -0.4 is 10.6 Å². The number of nitrogens with zero attached hydrogens (tertiary/aromatic N) is 1. The number of aromatic nitrogens is 1. The van der Waals surface area contributed by atoms with E-state index in [9.17, 15) is 14.4 Å². The van der Waals surface area contributed by atoms with Gasteiger partial charge in [-0.15, -0.1) is 11.3 Å². The molecule has 2 rings (SSSR count). The van der Waals surface area contributed by atoms with Crippen molar-refractivity contribution in [1.29, 1.82) is 0 Å². The second-order valence-corrected chi connectivity index (χ2v) is 5.75. The molecule has 0 fully saturated rings. The SMILES string of the molecule is CCNC(=O)CNC(=O)COC(=O)/C=C/c1nc2ccccc2s1. The van der Waals surface area contributed by atoms with Crippen LogP contribution >= 0.6 is 11.3 Å². The highest BCUT2D eigenvalue weighted by Gasteiger charge is 2.07. The molecule has 0 saturated heterocycles. The van der Waals surface area contributed by atoms with Gasteiger partial charge < -0.3 is 15.4 Å². The molecule has 7 nitrogen and oxygen atoms in total. The normalized spacial score (nSPS) is 10.7. The van der Waals surface area contributed by atoms with Crippen molar-refractivity contribution in [2.24, 2.45) is 0 Å². The average Bonchev–Trinajstić information content (AvgIpc) is 2.99. The number of hydrogen-bond donors (Lipinski definition) is 2. The Morgan fingerprint density at radius 3 is 2.75 bits per heavy atom. The standard InChI is InChI=1S/C16H17N3O4S/c1-2-17-13(20)9-18-14(21)10-23-16(22)8-7-15-19-11-5-3-4-6-12(11)24-15/h3-8H,2,9-10H2,1H3,(H,17,20)(H,18,21)/b8-7+. The molecule has 0 aliphatic heterocycles. The Labute approximate surface area is 142 Å². The van der Waals surface area contributed by atoms with Gasteiger partial charge in [0.1, 0.15) is 5.01 Å². The number of rotatable bonds is 7. The van der Waals surface area contributed by atoms with E-state index in [4.69, 9.17) is 4.74 Å². The van der Waals surface area contributed by atoms with Crippen molar-refractivity contribution in [1.82, 2.24) is 15.6 Å². The number of carbonyl (C=O) groups is 3. The molecule has 0 saturated carbocycles. The van der Waals surface area contributed by atoms with Crippen LogP contribution in [0, 0.1) is 0 Å². The van der Waals surface area contributed by atoms with Gasteiger partial charge in [-0.1, -0.05) is 12.1 Å². The summed E-state index contributed by atoms with van der Waals surface area (Å²) in [7, 11) is 0. The highest BCUT2D eigenvalue weighted by Crippen LogP contribution is 2.22. The predicted octanol–water partition coefficient (Wildman–Crippen LogP) is 1.11. The lowest BCUT2D eigenvalue weighted by molar-refractivity contribution is -0.143. The monoisotopic (exact) mass is 347 g/mol. The van der Waals surface area contributed by atoms with E-state index in [0.29, 0.717) is 11.6 Å². The van der Waals surface area contributed by atoms with Crippen LogP contribution in [0.15, 0.2) is 30.3 Å². The largest absolute Gasteiger partial charge is 0.452 e. The molecule has 2 amide bonds. The lowest BCUT2D eigenvalue weighted by atomic mass is 10.3. The van der Waals surface area contributed by atoms with Crippen molar-refractivity contribution in [3.8, 4) is 0 Å². The van der Waals surface area contributed by atoms with E-state index >= 15 is 0 Å². The first-order valence-corrected chi connectivity index (χ1v) is 8.14. The lowest BCUT2D eigenvalue weighted by Gasteiger charge is -2.05. The maximum Gasteiger partial charge on any atom is 0.331 e. The summed E-state index contributed by atoms with van der Waals surface area (Å²) in [4.78, 5) is 38.5. The number of fused-ring (bicyclic) bond motifs is 1. The summed E-state index contributed by atoms with van der Waals surface area (Å²) in [6.45, 7) is 1.67. The minimum Gasteiger partial charge on any atom is -0.452 e. The zero-order chi connectivity index (χ0) is 17.4. The molecule has 0 atom stereocenters. The minimum absolute atomic E-state index is 0.147. The Balaban J connectivity index is 1.76. The molecule has 2 N–H and O–H groups in total. The summed E-state index contributed by atoms with van der Waals surface area (Å²) in [5, 5.41) is 5.56. The van der Waals surface area contributed by atoms with Crippen LogP contribution in [0.2, 0.25) is 0 Å². The highest BCUT2D eigenvalue weighted by molar-refractivity contribution is 7.19. The van der Waals surface area contributed by atoms with Crippen LogP contribution in [-0.2, 0) is 19.1 Å². The maximum atomic E-state index is 11.6. The fourth-order valence-electron chi connectivity index (χ4n) is 1.78. The Bertz CT molecular complexity index is 737. The van der Waals surface area contributed by atoms with Crippen LogP contribution in [-0.4, -0.2) is 42.5 Å². The number of para-hydroxylation sites is 1. The molecule has 126 valence electrons. The van der Waals surface area contributed by atoms with Crippen molar-refractivity contribution in [3.05, 3.63) is 35.3 Å². The van der Waals surface area contributed by atoms with Gasteiger partial charge >= 0.3 is 5.97 Å². The van der Waals surface area contributed by atoms with E-state index < -0.39 is 18.5 Å². The van der Waals surface area contributed by atoms with E-state index in [1.165, 1.54) is 17.4 Å². The van der Waals surface area contributed by atoms with Gasteiger partial charge in [0, 0.05) is 12.6 Å². The molecule has 2 aromatic rings. The molecule has 0 aliphatic carbocycles. The number of nitrogens with one attached hydrogen (secondary N) is 2. The smallest absolute Gasteiger partial charge is 0.331 e. The number of thiazole rings is 1. The molecule has 24 heavy (non-hydrogen) atoms. The van der Waals surface area contributed by atoms with Gasteiger partial charge in [0.2, 0.25) is 5.91 Å². The van der Waals surface area contributed by atoms with Gasteiger partial charge in [-0.2, -0.15) is 0 Å². The number of carbonyl (C=O) groups excluding carboxylic acids is 3. The van der Waals surface area contributed by atoms with Crippen LogP contribution in [0.25, 0.3) is 16.3 Å². The van der Waals surface area contributed by atoms with Crippen molar-refractivity contribution in [2.75, 3.05) is 19.7 Å². The summed E-state index contributed by atoms with van der Waals surface area (Å²) < 4.78 is 5.82. The maximum absolute atomic E-state index is 11.6. The molecule has 8 heteroatoms. The summed E-state index contributed by atoms with van der Waals surface area (Å²) in [6, 6.07) is 7.65. The molecule has 1 aromatic heterocycles. The summed E-state index contributed by atoms with van der Waals surface area (Å²) >= 11 is 1.45. The van der Waals surface area contributed by atoms with Gasteiger partial charge in [-0.05, 0) is 25.1 Å². The molecular weight excluding hydrogens is 330 g/mol. The summed E-state index contributed by atoms with van der Waals surface area (Å²) in [5.74, 6) is -1.49.